The maximum atomic E-state index is 15.0. The number of cyclic esters (lactones) is 1. The van der Waals surface area contributed by atoms with Gasteiger partial charge in [-0.25, -0.2) is 9.18 Å². The minimum Gasteiger partial charge on any atom is -0.447 e. The van der Waals surface area contributed by atoms with E-state index in [2.05, 4.69) is 0 Å². The monoisotopic (exact) mass is 349 g/mol. The average Bonchev–Trinajstić information content (AvgIpc) is 2.99. The molecule has 1 aromatic rings. The molecular weight excluding hydrogens is 325 g/mol. The Morgan fingerprint density at radius 2 is 2.16 bits per heavy atom. The van der Waals surface area contributed by atoms with Crippen LogP contribution in [0.1, 0.15) is 25.3 Å². The van der Waals surface area contributed by atoms with Crippen LogP contribution in [0.25, 0.3) is 0 Å². The summed E-state index contributed by atoms with van der Waals surface area (Å²) in [6, 6.07) is 8.05. The molecule has 1 aliphatic heterocycles. The van der Waals surface area contributed by atoms with Crippen LogP contribution in [-0.4, -0.2) is 53.4 Å². The molecule has 0 radical (unpaired) electrons. The maximum Gasteiger partial charge on any atom is 0.410 e. The Bertz CT molecular complexity index is 607. The number of ether oxygens (including phenoxy) is 1. The number of halogens is 1. The van der Waals surface area contributed by atoms with E-state index in [1.807, 2.05) is 49.4 Å². The van der Waals surface area contributed by atoms with Gasteiger partial charge in [-0.1, -0.05) is 42.5 Å². The molecule has 136 valence electrons. The number of carbonyl (C=O) groups excluding carboxylic acids is 2. The van der Waals surface area contributed by atoms with Gasteiger partial charge >= 0.3 is 6.09 Å². The predicted molar refractivity (Wildman–Crippen MR) is 91.9 cm³/mol. The number of amides is 1. The van der Waals surface area contributed by atoms with E-state index in [0.29, 0.717) is 12.8 Å². The van der Waals surface area contributed by atoms with Crippen molar-refractivity contribution in [1.82, 2.24) is 4.90 Å². The minimum atomic E-state index is -2.51. The van der Waals surface area contributed by atoms with E-state index in [1.165, 1.54) is 4.90 Å². The van der Waals surface area contributed by atoms with Crippen LogP contribution in [-0.2, 0) is 16.0 Å². The molecule has 1 amide bonds. The van der Waals surface area contributed by atoms with Crippen LogP contribution in [0, 0.1) is 0 Å². The smallest absolute Gasteiger partial charge is 0.410 e. The van der Waals surface area contributed by atoms with Gasteiger partial charge in [-0.3, -0.25) is 9.69 Å². The summed E-state index contributed by atoms with van der Waals surface area (Å²) >= 11 is 0. The molecule has 1 saturated heterocycles. The van der Waals surface area contributed by atoms with Crippen molar-refractivity contribution >= 4 is 12.4 Å². The summed E-state index contributed by atoms with van der Waals surface area (Å²) < 4.78 is 20.1. The molecule has 0 unspecified atom stereocenters. The Morgan fingerprint density at radius 1 is 1.44 bits per heavy atom. The van der Waals surface area contributed by atoms with Crippen LogP contribution in [0.4, 0.5) is 9.18 Å². The molecular formula is C19H24FNO4. The van der Waals surface area contributed by atoms with E-state index in [1.54, 1.807) is 0 Å². The number of carbonyl (C=O) groups is 2. The van der Waals surface area contributed by atoms with Gasteiger partial charge < -0.3 is 9.84 Å². The van der Waals surface area contributed by atoms with Gasteiger partial charge in [-0.15, -0.1) is 0 Å². The van der Waals surface area contributed by atoms with Crippen molar-refractivity contribution in [3.63, 3.8) is 0 Å². The van der Waals surface area contributed by atoms with Crippen molar-refractivity contribution in [2.24, 2.45) is 0 Å². The number of aliphatic hydroxyl groups is 1. The molecule has 25 heavy (non-hydrogen) atoms. The molecule has 0 aromatic heterocycles. The molecule has 1 fully saturated rings. The van der Waals surface area contributed by atoms with Crippen molar-refractivity contribution in [3.8, 4) is 0 Å². The summed E-state index contributed by atoms with van der Waals surface area (Å²) in [6.45, 7) is 0.999. The number of allylic oxidation sites excluding steroid dienone is 2. The number of aliphatic hydroxyl groups excluding tert-OH is 1. The number of aldehydes is 1. The minimum absolute atomic E-state index is 0.0957. The fourth-order valence-corrected chi connectivity index (χ4v) is 3.15. The lowest BCUT2D eigenvalue weighted by atomic mass is 9.91. The fraction of sp³-hybridized carbons (Fsp3) is 0.474. The van der Waals surface area contributed by atoms with Gasteiger partial charge in [0.05, 0.1) is 18.7 Å². The van der Waals surface area contributed by atoms with E-state index in [9.17, 15) is 19.1 Å². The van der Waals surface area contributed by atoms with Crippen LogP contribution < -0.4 is 0 Å². The van der Waals surface area contributed by atoms with E-state index in [0.717, 1.165) is 5.56 Å². The summed E-state index contributed by atoms with van der Waals surface area (Å²) in [5.74, 6) is 0. The highest BCUT2D eigenvalue weighted by Gasteiger charge is 2.49. The van der Waals surface area contributed by atoms with Crippen LogP contribution in [0.2, 0.25) is 0 Å². The van der Waals surface area contributed by atoms with Gasteiger partial charge in [0.2, 0.25) is 5.67 Å². The number of hydrogen-bond donors (Lipinski definition) is 1. The summed E-state index contributed by atoms with van der Waals surface area (Å²) in [6.07, 6.45) is 4.31. The van der Waals surface area contributed by atoms with Crippen LogP contribution >= 0.6 is 0 Å². The van der Waals surface area contributed by atoms with E-state index in [4.69, 9.17) is 4.74 Å². The van der Waals surface area contributed by atoms with Gasteiger partial charge in [0.15, 0.2) is 6.29 Å². The number of nitrogens with zero attached hydrogens (tertiary/aromatic N) is 1. The largest absolute Gasteiger partial charge is 0.447 e. The lowest BCUT2D eigenvalue weighted by molar-refractivity contribution is -0.125. The molecule has 0 aliphatic carbocycles. The van der Waals surface area contributed by atoms with E-state index < -0.39 is 24.4 Å². The highest BCUT2D eigenvalue weighted by atomic mass is 19.1. The van der Waals surface area contributed by atoms with Crippen molar-refractivity contribution in [2.75, 3.05) is 13.2 Å². The van der Waals surface area contributed by atoms with Crippen LogP contribution in [0.15, 0.2) is 42.5 Å². The Balaban J connectivity index is 2.27. The van der Waals surface area contributed by atoms with E-state index >= 15 is 0 Å². The summed E-state index contributed by atoms with van der Waals surface area (Å²) in [7, 11) is 0. The molecule has 0 saturated carbocycles. The first-order chi connectivity index (χ1) is 12.1. The van der Waals surface area contributed by atoms with E-state index in [-0.39, 0.29) is 25.4 Å². The molecule has 0 spiro atoms. The second-order valence-corrected chi connectivity index (χ2v) is 6.19. The van der Waals surface area contributed by atoms with Gasteiger partial charge in [-0.05, 0) is 31.7 Å². The first-order valence-electron chi connectivity index (χ1n) is 8.42. The fourth-order valence-electron chi connectivity index (χ4n) is 3.15. The molecule has 0 bridgehead atoms. The lowest BCUT2D eigenvalue weighted by Crippen LogP contribution is -2.56. The summed E-state index contributed by atoms with van der Waals surface area (Å²) in [5.41, 5.74) is -1.53. The second kappa shape index (κ2) is 8.76. The van der Waals surface area contributed by atoms with Crippen LogP contribution in [0.3, 0.4) is 0 Å². The molecule has 5 nitrogen and oxygen atoms in total. The number of benzene rings is 1. The van der Waals surface area contributed by atoms with Crippen molar-refractivity contribution in [2.45, 2.75) is 43.9 Å². The average molecular weight is 349 g/mol. The first kappa shape index (κ1) is 19.1. The quantitative estimate of drug-likeness (QED) is 0.550. The highest BCUT2D eigenvalue weighted by Crippen LogP contribution is 2.30. The predicted octanol–water partition coefficient (Wildman–Crippen LogP) is 2.67. The maximum absolute atomic E-state index is 15.0. The third kappa shape index (κ3) is 4.45. The molecule has 1 heterocycles. The SMILES string of the molecule is C/C=C/CC[C@H](N1C(=O)OC[C@@H]1Cc1ccccc1)[C@@](F)(C=O)CO. The Labute approximate surface area is 147 Å². The van der Waals surface area contributed by atoms with Gasteiger partial charge in [0, 0.05) is 0 Å². The zero-order chi connectivity index (χ0) is 18.3. The number of alkyl halides is 1. The normalized spacial score (nSPS) is 21.2. The molecule has 6 heteroatoms. The van der Waals surface area contributed by atoms with Gasteiger partial charge in [0.1, 0.15) is 6.61 Å². The molecule has 1 aromatic carbocycles. The Kier molecular flexibility index (Phi) is 6.70. The Hall–Kier alpha value is -2.21. The third-order valence-corrected chi connectivity index (χ3v) is 4.49. The van der Waals surface area contributed by atoms with Gasteiger partial charge in [0.25, 0.3) is 0 Å². The highest BCUT2D eigenvalue weighted by molar-refractivity contribution is 5.73. The Morgan fingerprint density at radius 3 is 2.76 bits per heavy atom. The molecule has 1 N–H and O–H groups in total. The standard InChI is InChI=1S/C19H24FNO4/c1-2-3-5-10-17(19(20,13-22)14-23)21-16(12-25-18(21)24)11-15-8-6-4-7-9-15/h2-4,6-9,13,16-17,23H,5,10-12,14H2,1H3/b3-2+/t16-,17-,19+/m0/s1. The lowest BCUT2D eigenvalue weighted by Gasteiger charge is -2.36. The number of rotatable bonds is 9. The zero-order valence-electron chi connectivity index (χ0n) is 14.3. The summed E-state index contributed by atoms with van der Waals surface area (Å²) in [4.78, 5) is 24.9. The van der Waals surface area contributed by atoms with Crippen molar-refractivity contribution < 1.29 is 23.8 Å². The van der Waals surface area contributed by atoms with Crippen molar-refractivity contribution in [1.29, 1.82) is 0 Å². The number of hydrogen-bond acceptors (Lipinski definition) is 4. The third-order valence-electron chi connectivity index (χ3n) is 4.49. The van der Waals surface area contributed by atoms with Crippen LogP contribution in [0.5, 0.6) is 0 Å². The van der Waals surface area contributed by atoms with Gasteiger partial charge in [-0.2, -0.15) is 0 Å². The summed E-state index contributed by atoms with van der Waals surface area (Å²) in [5, 5.41) is 9.43. The topological polar surface area (TPSA) is 66.8 Å². The molecule has 2 rings (SSSR count). The van der Waals surface area contributed by atoms with Crippen molar-refractivity contribution in [3.05, 3.63) is 48.0 Å². The molecule has 3 atom stereocenters. The zero-order valence-corrected chi connectivity index (χ0v) is 14.3. The second-order valence-electron chi connectivity index (χ2n) is 6.19. The molecule has 1 aliphatic rings. The first-order valence-corrected chi connectivity index (χ1v) is 8.42.